The number of ether oxygens (including phenoxy) is 1. The molecule has 0 amide bonds. The van der Waals surface area contributed by atoms with E-state index in [9.17, 15) is 4.79 Å². The number of hydrogen-bond donors (Lipinski definition) is 0. The van der Waals surface area contributed by atoms with E-state index in [-0.39, 0.29) is 5.97 Å². The molecule has 0 spiro atoms. The molecular weight excluding hydrogens is 188 g/mol. The van der Waals surface area contributed by atoms with Gasteiger partial charge in [0.05, 0.1) is 0 Å². The lowest BCUT2D eigenvalue weighted by Crippen LogP contribution is -2.03. The summed E-state index contributed by atoms with van der Waals surface area (Å²) in [7, 11) is 0. The standard InChI is InChI=1S/C13H16O2/c1-3-5-13(14)15-10-12-8-6-11(4-2)7-9-12/h4,6-9H,2-3,5,10H2,1H3. The summed E-state index contributed by atoms with van der Waals surface area (Å²) >= 11 is 0. The van der Waals surface area contributed by atoms with Crippen molar-refractivity contribution in [3.63, 3.8) is 0 Å². The van der Waals surface area contributed by atoms with Crippen molar-refractivity contribution in [1.82, 2.24) is 0 Å². The molecule has 0 aliphatic heterocycles. The molecule has 1 rings (SSSR count). The van der Waals surface area contributed by atoms with Crippen LogP contribution in [0.15, 0.2) is 30.8 Å². The third kappa shape index (κ3) is 3.98. The monoisotopic (exact) mass is 204 g/mol. The molecule has 15 heavy (non-hydrogen) atoms. The quantitative estimate of drug-likeness (QED) is 0.688. The van der Waals surface area contributed by atoms with E-state index in [0.717, 1.165) is 17.5 Å². The normalized spacial score (nSPS) is 9.67. The molecule has 0 atom stereocenters. The van der Waals surface area contributed by atoms with Gasteiger partial charge < -0.3 is 4.74 Å². The lowest BCUT2D eigenvalue weighted by atomic mass is 10.1. The zero-order valence-electron chi connectivity index (χ0n) is 9.03. The van der Waals surface area contributed by atoms with Gasteiger partial charge in [0.25, 0.3) is 0 Å². The number of carbonyl (C=O) groups is 1. The molecule has 2 nitrogen and oxygen atoms in total. The molecule has 1 aromatic carbocycles. The minimum atomic E-state index is -0.134. The summed E-state index contributed by atoms with van der Waals surface area (Å²) in [6.07, 6.45) is 3.10. The molecule has 0 bridgehead atoms. The third-order valence-electron chi connectivity index (χ3n) is 2.07. The van der Waals surface area contributed by atoms with Crippen LogP contribution >= 0.6 is 0 Å². The Morgan fingerprint density at radius 2 is 2.07 bits per heavy atom. The second-order valence-electron chi connectivity index (χ2n) is 3.36. The van der Waals surface area contributed by atoms with Gasteiger partial charge in [-0.2, -0.15) is 0 Å². The Morgan fingerprint density at radius 1 is 1.40 bits per heavy atom. The van der Waals surface area contributed by atoms with E-state index < -0.39 is 0 Å². The van der Waals surface area contributed by atoms with Crippen molar-refractivity contribution in [3.05, 3.63) is 42.0 Å². The molecule has 1 aromatic rings. The first-order valence-corrected chi connectivity index (χ1v) is 5.13. The zero-order valence-corrected chi connectivity index (χ0v) is 9.03. The summed E-state index contributed by atoms with van der Waals surface area (Å²) in [5.74, 6) is -0.134. The maximum absolute atomic E-state index is 11.1. The fourth-order valence-electron chi connectivity index (χ4n) is 1.19. The van der Waals surface area contributed by atoms with Crippen molar-refractivity contribution in [2.45, 2.75) is 26.4 Å². The Hall–Kier alpha value is -1.57. The molecule has 2 heteroatoms. The molecule has 0 saturated heterocycles. The summed E-state index contributed by atoms with van der Waals surface area (Å²) in [5.41, 5.74) is 2.07. The molecule has 0 unspecified atom stereocenters. The number of rotatable bonds is 5. The highest BCUT2D eigenvalue weighted by atomic mass is 16.5. The first kappa shape index (κ1) is 11.5. The van der Waals surface area contributed by atoms with Crippen molar-refractivity contribution in [2.24, 2.45) is 0 Å². The smallest absolute Gasteiger partial charge is 0.306 e. The van der Waals surface area contributed by atoms with Crippen LogP contribution in [0.4, 0.5) is 0 Å². The average Bonchev–Trinajstić information content (AvgIpc) is 2.27. The van der Waals surface area contributed by atoms with Crippen molar-refractivity contribution in [2.75, 3.05) is 0 Å². The lowest BCUT2D eigenvalue weighted by Gasteiger charge is -2.04. The molecule has 0 saturated carbocycles. The van der Waals surface area contributed by atoms with Crippen molar-refractivity contribution >= 4 is 12.0 Å². The van der Waals surface area contributed by atoms with E-state index in [1.54, 1.807) is 6.08 Å². The van der Waals surface area contributed by atoms with Gasteiger partial charge in [-0.1, -0.05) is 43.8 Å². The molecule has 0 aromatic heterocycles. The summed E-state index contributed by atoms with van der Waals surface area (Å²) in [6.45, 7) is 5.99. The van der Waals surface area contributed by atoms with Crippen molar-refractivity contribution < 1.29 is 9.53 Å². The van der Waals surface area contributed by atoms with Gasteiger partial charge in [-0.25, -0.2) is 0 Å². The molecular formula is C13H16O2. The topological polar surface area (TPSA) is 26.3 Å². The molecule has 0 radical (unpaired) electrons. The van der Waals surface area contributed by atoms with E-state index in [4.69, 9.17) is 4.74 Å². The van der Waals surface area contributed by atoms with Crippen LogP contribution in [-0.4, -0.2) is 5.97 Å². The van der Waals surface area contributed by atoms with E-state index in [1.165, 1.54) is 0 Å². The van der Waals surface area contributed by atoms with Crippen LogP contribution in [-0.2, 0) is 16.1 Å². The van der Waals surface area contributed by atoms with E-state index >= 15 is 0 Å². The second kappa shape index (κ2) is 6.02. The van der Waals surface area contributed by atoms with Crippen LogP contribution in [0, 0.1) is 0 Å². The number of carbonyl (C=O) groups excluding carboxylic acids is 1. The van der Waals surface area contributed by atoms with E-state index in [0.29, 0.717) is 13.0 Å². The van der Waals surface area contributed by atoms with Crippen molar-refractivity contribution in [1.29, 1.82) is 0 Å². The molecule has 0 aliphatic rings. The minimum absolute atomic E-state index is 0.134. The van der Waals surface area contributed by atoms with Crippen LogP contribution in [0.5, 0.6) is 0 Å². The highest BCUT2D eigenvalue weighted by Crippen LogP contribution is 2.07. The molecule has 0 fully saturated rings. The van der Waals surface area contributed by atoms with Crippen LogP contribution in [0.2, 0.25) is 0 Å². The Bertz CT molecular complexity index is 325. The van der Waals surface area contributed by atoms with E-state index in [2.05, 4.69) is 6.58 Å². The highest BCUT2D eigenvalue weighted by molar-refractivity contribution is 5.69. The van der Waals surface area contributed by atoms with Crippen LogP contribution in [0.1, 0.15) is 30.9 Å². The minimum Gasteiger partial charge on any atom is -0.461 e. The maximum Gasteiger partial charge on any atom is 0.306 e. The summed E-state index contributed by atoms with van der Waals surface area (Å²) in [6, 6.07) is 7.79. The predicted octanol–water partition coefficient (Wildman–Crippen LogP) is 3.17. The fraction of sp³-hybridized carbons (Fsp3) is 0.308. The van der Waals surface area contributed by atoms with Gasteiger partial charge in [0.15, 0.2) is 0 Å². The second-order valence-corrected chi connectivity index (χ2v) is 3.36. The molecule has 80 valence electrons. The SMILES string of the molecule is C=Cc1ccc(COC(=O)CCC)cc1. The van der Waals surface area contributed by atoms with Gasteiger partial charge in [-0.15, -0.1) is 0 Å². The number of hydrogen-bond acceptors (Lipinski definition) is 2. The summed E-state index contributed by atoms with van der Waals surface area (Å²) in [5, 5.41) is 0. The maximum atomic E-state index is 11.1. The Balaban J connectivity index is 2.44. The number of benzene rings is 1. The fourth-order valence-corrected chi connectivity index (χ4v) is 1.19. The Labute approximate surface area is 90.6 Å². The van der Waals surface area contributed by atoms with Crippen molar-refractivity contribution in [3.8, 4) is 0 Å². The van der Waals surface area contributed by atoms with Gasteiger partial charge in [-0.3, -0.25) is 4.79 Å². The Kier molecular flexibility index (Phi) is 4.61. The first-order chi connectivity index (χ1) is 7.26. The van der Waals surface area contributed by atoms with Gasteiger partial charge >= 0.3 is 5.97 Å². The van der Waals surface area contributed by atoms with Gasteiger partial charge in [-0.05, 0) is 17.5 Å². The molecule has 0 heterocycles. The Morgan fingerprint density at radius 3 is 2.60 bits per heavy atom. The summed E-state index contributed by atoms with van der Waals surface area (Å²) < 4.78 is 5.08. The van der Waals surface area contributed by atoms with Gasteiger partial charge in [0, 0.05) is 6.42 Å². The third-order valence-corrected chi connectivity index (χ3v) is 2.07. The predicted molar refractivity (Wildman–Crippen MR) is 61.2 cm³/mol. The highest BCUT2D eigenvalue weighted by Gasteiger charge is 2.00. The van der Waals surface area contributed by atoms with Crippen LogP contribution in [0.3, 0.4) is 0 Å². The van der Waals surface area contributed by atoms with Crippen LogP contribution < -0.4 is 0 Å². The molecule has 0 N–H and O–H groups in total. The van der Waals surface area contributed by atoms with Gasteiger partial charge in [0.1, 0.15) is 6.61 Å². The molecule has 0 aliphatic carbocycles. The van der Waals surface area contributed by atoms with Gasteiger partial charge in [0.2, 0.25) is 0 Å². The number of esters is 1. The lowest BCUT2D eigenvalue weighted by molar-refractivity contribution is -0.144. The largest absolute Gasteiger partial charge is 0.461 e. The zero-order chi connectivity index (χ0) is 11.1. The van der Waals surface area contributed by atoms with Crippen LogP contribution in [0.25, 0.3) is 6.08 Å². The van der Waals surface area contributed by atoms with E-state index in [1.807, 2.05) is 31.2 Å². The first-order valence-electron chi connectivity index (χ1n) is 5.13. The average molecular weight is 204 g/mol. The summed E-state index contributed by atoms with van der Waals surface area (Å²) in [4.78, 5) is 11.1.